The maximum Gasteiger partial charge on any atom is 0.0128 e. The molecule has 2 heteroatoms. The first-order chi connectivity index (χ1) is 4.83. The van der Waals surface area contributed by atoms with Crippen molar-refractivity contribution < 1.29 is 0 Å². The van der Waals surface area contributed by atoms with Crippen LogP contribution in [0, 0.1) is 5.92 Å². The van der Waals surface area contributed by atoms with Crippen LogP contribution in [-0.2, 0) is 0 Å². The molecule has 2 N–H and O–H groups in total. The number of nitrogens with zero attached hydrogens (tertiary/aromatic N) is 1. The summed E-state index contributed by atoms with van der Waals surface area (Å²) in [5.41, 5.74) is 0. The molecule has 0 aliphatic heterocycles. The highest BCUT2D eigenvalue weighted by molar-refractivity contribution is 4.72. The molecule has 2 nitrogen and oxygen atoms in total. The summed E-state index contributed by atoms with van der Waals surface area (Å²) in [6, 6.07) is 0. The van der Waals surface area contributed by atoms with E-state index < -0.39 is 0 Å². The van der Waals surface area contributed by atoms with Crippen molar-refractivity contribution in [3.8, 4) is 0 Å². The van der Waals surface area contributed by atoms with Crippen LogP contribution in [0.5, 0.6) is 0 Å². The molecule has 1 saturated carbocycles. The summed E-state index contributed by atoms with van der Waals surface area (Å²) in [4.78, 5) is 0. The van der Waals surface area contributed by atoms with Crippen LogP contribution in [-0.4, -0.2) is 18.1 Å². The highest BCUT2D eigenvalue weighted by Crippen LogP contribution is 2.33. The monoisotopic (exact) mass is 142 g/mol. The topological polar surface area (TPSA) is 29.3 Å². The third-order valence-electron chi connectivity index (χ3n) is 2.16. The van der Waals surface area contributed by atoms with E-state index in [0.29, 0.717) is 0 Å². The highest BCUT2D eigenvalue weighted by atomic mass is 15.4. The van der Waals surface area contributed by atoms with Crippen LogP contribution in [0.15, 0.2) is 0 Å². The van der Waals surface area contributed by atoms with Gasteiger partial charge >= 0.3 is 0 Å². The molecule has 10 heavy (non-hydrogen) atoms. The van der Waals surface area contributed by atoms with Crippen LogP contribution >= 0.6 is 0 Å². The molecule has 60 valence electrons. The summed E-state index contributed by atoms with van der Waals surface area (Å²) in [6.45, 7) is 4.15. The van der Waals surface area contributed by atoms with Crippen molar-refractivity contribution in [2.24, 2.45) is 11.8 Å². The van der Waals surface area contributed by atoms with Gasteiger partial charge < -0.3 is 0 Å². The molecule has 0 atom stereocenters. The van der Waals surface area contributed by atoms with Crippen LogP contribution in [0.2, 0.25) is 0 Å². The van der Waals surface area contributed by atoms with Gasteiger partial charge in [0.05, 0.1) is 0 Å². The van der Waals surface area contributed by atoms with Gasteiger partial charge in [-0.3, -0.25) is 5.84 Å². The van der Waals surface area contributed by atoms with E-state index in [1.165, 1.54) is 25.7 Å². The van der Waals surface area contributed by atoms with Gasteiger partial charge in [-0.05, 0) is 18.8 Å². The van der Waals surface area contributed by atoms with Crippen molar-refractivity contribution in [3.63, 3.8) is 0 Å². The van der Waals surface area contributed by atoms with Crippen molar-refractivity contribution >= 4 is 0 Å². The average Bonchev–Trinajstić information content (AvgIpc) is 2.71. The zero-order valence-electron chi connectivity index (χ0n) is 6.84. The Labute approximate surface area is 63.4 Å². The maximum absolute atomic E-state index is 5.61. The molecular weight excluding hydrogens is 124 g/mol. The van der Waals surface area contributed by atoms with Crippen molar-refractivity contribution in [1.82, 2.24) is 5.01 Å². The fraction of sp³-hybridized carbons (Fsp3) is 1.00. The lowest BCUT2D eigenvalue weighted by molar-refractivity contribution is 0.289. The summed E-state index contributed by atoms with van der Waals surface area (Å²) < 4.78 is 0. The third-order valence-corrected chi connectivity index (χ3v) is 2.16. The third kappa shape index (κ3) is 3.18. The van der Waals surface area contributed by atoms with Crippen LogP contribution in [0.4, 0.5) is 0 Å². The molecular formula is C8H18N2. The van der Waals surface area contributed by atoms with E-state index in [2.05, 4.69) is 6.92 Å². The van der Waals surface area contributed by atoms with Crippen molar-refractivity contribution in [1.29, 1.82) is 0 Å². The van der Waals surface area contributed by atoms with Gasteiger partial charge in [0.15, 0.2) is 0 Å². The molecule has 0 radical (unpaired) electrons. The van der Waals surface area contributed by atoms with Gasteiger partial charge in [0.1, 0.15) is 0 Å². The second-order valence-electron chi connectivity index (χ2n) is 3.21. The van der Waals surface area contributed by atoms with Crippen molar-refractivity contribution in [2.75, 3.05) is 13.1 Å². The van der Waals surface area contributed by atoms with E-state index in [4.69, 9.17) is 5.84 Å². The maximum atomic E-state index is 5.61. The first kappa shape index (κ1) is 8.02. The molecule has 1 fully saturated rings. The van der Waals surface area contributed by atoms with Gasteiger partial charge in [-0.25, -0.2) is 5.01 Å². The zero-order chi connectivity index (χ0) is 7.40. The van der Waals surface area contributed by atoms with Crippen LogP contribution in [0.1, 0.15) is 32.6 Å². The smallest absolute Gasteiger partial charge is 0.0128 e. The zero-order valence-corrected chi connectivity index (χ0v) is 6.84. The molecule has 0 aromatic heterocycles. The molecule has 0 spiro atoms. The summed E-state index contributed by atoms with van der Waals surface area (Å²) in [7, 11) is 0. The Balaban J connectivity index is 1.83. The van der Waals surface area contributed by atoms with E-state index in [0.717, 1.165) is 19.0 Å². The molecule has 0 heterocycles. The van der Waals surface area contributed by atoms with Gasteiger partial charge in [-0.1, -0.05) is 19.8 Å². The molecule has 1 rings (SSSR count). The standard InChI is InChI=1S/C8H18N2/c1-2-10(9)7-3-4-8-5-6-8/h8H,2-7,9H2,1H3. The van der Waals surface area contributed by atoms with Gasteiger partial charge in [0.2, 0.25) is 0 Å². The van der Waals surface area contributed by atoms with Crippen molar-refractivity contribution in [2.45, 2.75) is 32.6 Å². The first-order valence-corrected chi connectivity index (χ1v) is 4.32. The Bertz CT molecular complexity index is 89.3. The molecule has 0 bridgehead atoms. The summed E-state index contributed by atoms with van der Waals surface area (Å²) >= 11 is 0. The number of hydrogen-bond acceptors (Lipinski definition) is 2. The second-order valence-corrected chi connectivity index (χ2v) is 3.21. The number of hydrogen-bond donors (Lipinski definition) is 1. The average molecular weight is 142 g/mol. The summed E-state index contributed by atoms with van der Waals surface area (Å²) in [5.74, 6) is 6.67. The molecule has 0 aromatic carbocycles. The van der Waals surface area contributed by atoms with Crippen LogP contribution in [0.25, 0.3) is 0 Å². The van der Waals surface area contributed by atoms with E-state index >= 15 is 0 Å². The molecule has 0 aromatic rings. The van der Waals surface area contributed by atoms with Crippen molar-refractivity contribution in [3.05, 3.63) is 0 Å². The molecule has 0 amide bonds. The van der Waals surface area contributed by atoms with E-state index in [1.54, 1.807) is 0 Å². The fourth-order valence-electron chi connectivity index (χ4n) is 1.15. The number of nitrogens with two attached hydrogens (primary N) is 1. The largest absolute Gasteiger partial charge is 0.269 e. The number of rotatable bonds is 5. The Hall–Kier alpha value is -0.0800. The lowest BCUT2D eigenvalue weighted by atomic mass is 10.2. The Morgan fingerprint density at radius 3 is 2.70 bits per heavy atom. The Morgan fingerprint density at radius 2 is 2.20 bits per heavy atom. The normalized spacial score (nSPS) is 18.3. The van der Waals surface area contributed by atoms with Gasteiger partial charge in [-0.2, -0.15) is 0 Å². The molecule has 0 saturated heterocycles. The first-order valence-electron chi connectivity index (χ1n) is 4.32. The minimum absolute atomic E-state index is 0.977. The van der Waals surface area contributed by atoms with E-state index in [9.17, 15) is 0 Å². The fourth-order valence-corrected chi connectivity index (χ4v) is 1.15. The SMILES string of the molecule is CCN(N)CCCC1CC1. The Morgan fingerprint density at radius 1 is 1.50 bits per heavy atom. The van der Waals surface area contributed by atoms with E-state index in [-0.39, 0.29) is 0 Å². The van der Waals surface area contributed by atoms with Gasteiger partial charge in [0.25, 0.3) is 0 Å². The molecule has 1 aliphatic carbocycles. The highest BCUT2D eigenvalue weighted by Gasteiger charge is 2.20. The van der Waals surface area contributed by atoms with Crippen LogP contribution < -0.4 is 5.84 Å². The van der Waals surface area contributed by atoms with Crippen LogP contribution in [0.3, 0.4) is 0 Å². The molecule has 1 aliphatic rings. The Kier molecular flexibility index (Phi) is 3.16. The predicted molar refractivity (Wildman–Crippen MR) is 43.4 cm³/mol. The predicted octanol–water partition coefficient (Wildman–Crippen LogP) is 1.37. The van der Waals surface area contributed by atoms with Gasteiger partial charge in [0, 0.05) is 13.1 Å². The number of hydrazine groups is 1. The summed E-state index contributed by atoms with van der Waals surface area (Å²) in [6.07, 6.45) is 5.62. The lowest BCUT2D eigenvalue weighted by Gasteiger charge is -2.12. The lowest BCUT2D eigenvalue weighted by Crippen LogP contribution is -2.31. The van der Waals surface area contributed by atoms with E-state index in [1.807, 2.05) is 5.01 Å². The minimum atomic E-state index is 0.977. The van der Waals surface area contributed by atoms with Gasteiger partial charge in [-0.15, -0.1) is 0 Å². The summed E-state index contributed by atoms with van der Waals surface area (Å²) in [5, 5.41) is 1.89. The quantitative estimate of drug-likeness (QED) is 0.464. The minimum Gasteiger partial charge on any atom is -0.269 e. The second kappa shape index (κ2) is 3.94. The molecule has 0 unspecified atom stereocenters.